The van der Waals surface area contributed by atoms with E-state index in [9.17, 15) is 4.57 Å². The zero-order valence-corrected chi connectivity index (χ0v) is 17.0. The first-order chi connectivity index (χ1) is 11.7. The molecule has 0 aliphatic rings. The zero-order chi connectivity index (χ0) is 18.4. The Morgan fingerprint density at radius 1 is 1.04 bits per heavy atom. The van der Waals surface area contributed by atoms with Crippen LogP contribution in [0, 0.1) is 6.92 Å². The first-order valence-corrected chi connectivity index (χ1v) is 11.9. The van der Waals surface area contributed by atoms with Gasteiger partial charge in [-0.3, -0.25) is 9.55 Å². The maximum atomic E-state index is 9.51. The quantitative estimate of drug-likeness (QED) is 0.397. The first-order valence-electron chi connectivity index (χ1n) is 7.15. The Morgan fingerprint density at radius 2 is 1.68 bits per heavy atom. The van der Waals surface area contributed by atoms with Crippen LogP contribution in [0.25, 0.3) is 10.9 Å². The number of fused-ring (bicyclic) bond motifs is 1. The lowest BCUT2D eigenvalue weighted by Gasteiger charge is -2.08. The van der Waals surface area contributed by atoms with Crippen LogP contribution in [-0.2, 0) is 11.2 Å². The fraction of sp³-hybridized carbons (Fsp3) is 0.118. The summed E-state index contributed by atoms with van der Waals surface area (Å²) in [5.41, 5.74) is 2.95. The van der Waals surface area contributed by atoms with E-state index in [4.69, 9.17) is 16.3 Å². The molecule has 0 radical (unpaired) electrons. The highest BCUT2D eigenvalue weighted by Crippen LogP contribution is 2.61. The Kier molecular flexibility index (Phi) is 7.42. The van der Waals surface area contributed by atoms with Crippen LogP contribution < -0.4 is 4.74 Å². The van der Waals surface area contributed by atoms with E-state index < -0.39 is 5.20 Å². The molecular weight excluding hydrogens is 423 g/mol. The molecule has 0 amide bonds. The Bertz CT molecular complexity index is 892. The average Bonchev–Trinajstić information content (AvgIpc) is 2.52. The molecule has 0 aliphatic carbocycles. The van der Waals surface area contributed by atoms with Crippen molar-refractivity contribution in [1.82, 2.24) is 4.98 Å². The summed E-state index contributed by atoms with van der Waals surface area (Å²) in [6, 6.07) is 17.7. The normalized spacial score (nSPS) is 10.9. The zero-order valence-electron chi connectivity index (χ0n) is 13.1. The van der Waals surface area contributed by atoms with Crippen LogP contribution in [0.5, 0.6) is 5.75 Å². The number of benzene rings is 2. The molecule has 1 heterocycles. The van der Waals surface area contributed by atoms with Crippen molar-refractivity contribution in [2.45, 2.75) is 13.5 Å². The summed E-state index contributed by atoms with van der Waals surface area (Å²) >= 11 is 20.1. The summed E-state index contributed by atoms with van der Waals surface area (Å²) in [6.45, 7) is 2.48. The first kappa shape index (κ1) is 20.4. The molecule has 0 atom stereocenters. The highest BCUT2D eigenvalue weighted by molar-refractivity contribution is 8.24. The number of ether oxygens (including phenoxy) is 1. The van der Waals surface area contributed by atoms with Crippen LogP contribution >= 0.6 is 50.5 Å². The predicted molar refractivity (Wildman–Crippen MR) is 107 cm³/mol. The predicted octanol–water partition coefficient (Wildman–Crippen LogP) is 7.59. The van der Waals surface area contributed by atoms with Crippen molar-refractivity contribution in [3.63, 3.8) is 0 Å². The minimum atomic E-state index is -3.22. The summed E-state index contributed by atoms with van der Waals surface area (Å²) < 4.78 is 15.3. The van der Waals surface area contributed by atoms with Crippen molar-refractivity contribution >= 4 is 61.4 Å². The molecule has 3 rings (SSSR count). The lowest BCUT2D eigenvalue weighted by molar-refractivity contribution is 0.306. The van der Waals surface area contributed by atoms with Gasteiger partial charge in [0.05, 0.1) is 10.5 Å². The minimum Gasteiger partial charge on any atom is -0.489 e. The molecule has 0 N–H and O–H groups in total. The highest BCUT2D eigenvalue weighted by atomic mass is 36.0. The number of nitrogens with zero attached hydrogens (tertiary/aromatic N) is 1. The molecule has 0 spiro atoms. The van der Waals surface area contributed by atoms with Crippen LogP contribution in [-0.4, -0.2) is 4.98 Å². The summed E-state index contributed by atoms with van der Waals surface area (Å²) in [6.07, 6.45) is 0. The summed E-state index contributed by atoms with van der Waals surface area (Å²) in [5.74, 6) is 0.800. The highest BCUT2D eigenvalue weighted by Gasteiger charge is 2.04. The Hall–Kier alpha value is -0.960. The van der Waals surface area contributed by atoms with Crippen LogP contribution in [0.15, 0.2) is 54.6 Å². The Balaban J connectivity index is 0.000000399. The molecule has 132 valence electrons. The molecule has 8 heteroatoms. The van der Waals surface area contributed by atoms with Crippen molar-refractivity contribution < 1.29 is 9.30 Å². The summed E-state index contributed by atoms with van der Waals surface area (Å²) in [4.78, 5) is 4.46. The lowest BCUT2D eigenvalue weighted by atomic mass is 10.2. The third-order valence-corrected chi connectivity index (χ3v) is 3.42. The van der Waals surface area contributed by atoms with E-state index in [1.165, 1.54) is 0 Å². The van der Waals surface area contributed by atoms with E-state index in [0.717, 1.165) is 27.9 Å². The molecule has 0 unspecified atom stereocenters. The molecule has 2 aromatic carbocycles. The maximum Gasteiger partial charge on any atom is 0.339 e. The molecule has 0 aliphatic heterocycles. The van der Waals surface area contributed by atoms with Crippen molar-refractivity contribution in [3.05, 3.63) is 70.9 Å². The second kappa shape index (κ2) is 9.12. The van der Waals surface area contributed by atoms with Crippen molar-refractivity contribution in [3.8, 4) is 5.75 Å². The molecule has 25 heavy (non-hydrogen) atoms. The maximum absolute atomic E-state index is 9.51. The van der Waals surface area contributed by atoms with Gasteiger partial charge in [-0.25, -0.2) is 0 Å². The van der Waals surface area contributed by atoms with Crippen LogP contribution in [0.4, 0.5) is 0 Å². The fourth-order valence-electron chi connectivity index (χ4n) is 2.12. The largest absolute Gasteiger partial charge is 0.489 e. The lowest BCUT2D eigenvalue weighted by Crippen LogP contribution is -1.95. The van der Waals surface area contributed by atoms with Gasteiger partial charge in [0.25, 0.3) is 0 Å². The van der Waals surface area contributed by atoms with Crippen LogP contribution in [0.3, 0.4) is 0 Å². The molecule has 0 saturated heterocycles. The van der Waals surface area contributed by atoms with Gasteiger partial charge < -0.3 is 4.74 Å². The van der Waals surface area contributed by atoms with E-state index in [1.807, 2.05) is 61.5 Å². The van der Waals surface area contributed by atoms with Crippen molar-refractivity contribution in [2.24, 2.45) is 0 Å². The van der Waals surface area contributed by atoms with E-state index in [-0.39, 0.29) is 0 Å². The number of rotatable bonds is 3. The number of aryl methyl sites for hydroxylation is 1. The smallest absolute Gasteiger partial charge is 0.339 e. The van der Waals surface area contributed by atoms with Crippen LogP contribution in [0.2, 0.25) is 5.02 Å². The SMILES string of the molecule is Cc1cc(Cl)c2cc(OCc3ccccc3)ccc2n1.O=P(Cl)(Cl)Cl. The van der Waals surface area contributed by atoms with Gasteiger partial charge in [-0.1, -0.05) is 41.9 Å². The van der Waals surface area contributed by atoms with Gasteiger partial charge in [0.2, 0.25) is 0 Å². The average molecular weight is 437 g/mol. The van der Waals surface area contributed by atoms with Crippen molar-refractivity contribution in [2.75, 3.05) is 0 Å². The monoisotopic (exact) mass is 435 g/mol. The van der Waals surface area contributed by atoms with Gasteiger partial charge in [-0.2, -0.15) is 0 Å². The second-order valence-electron chi connectivity index (χ2n) is 5.10. The summed E-state index contributed by atoms with van der Waals surface area (Å²) in [7, 11) is 0. The fourth-order valence-corrected chi connectivity index (χ4v) is 2.43. The second-order valence-corrected chi connectivity index (χ2v) is 12.1. The van der Waals surface area contributed by atoms with E-state index >= 15 is 0 Å². The molecule has 0 bridgehead atoms. The Morgan fingerprint density at radius 3 is 2.32 bits per heavy atom. The van der Waals surface area contributed by atoms with Crippen LogP contribution in [0.1, 0.15) is 11.3 Å². The van der Waals surface area contributed by atoms with E-state index in [0.29, 0.717) is 11.6 Å². The number of halogens is 4. The topological polar surface area (TPSA) is 39.2 Å². The minimum absolute atomic E-state index is 0.545. The van der Waals surface area contributed by atoms with E-state index in [2.05, 4.69) is 38.7 Å². The van der Waals surface area contributed by atoms with E-state index in [1.54, 1.807) is 0 Å². The molecule has 0 saturated carbocycles. The molecular formula is C17H14Cl4NO2P. The van der Waals surface area contributed by atoms with Gasteiger partial charge in [0, 0.05) is 11.1 Å². The molecule has 3 aromatic rings. The molecule has 1 aromatic heterocycles. The number of hydrogen-bond acceptors (Lipinski definition) is 3. The number of aromatic nitrogens is 1. The third-order valence-electron chi connectivity index (χ3n) is 3.11. The standard InChI is InChI=1S/C17H14ClNO.Cl3OP/c1-12-9-16(18)15-10-14(7-8-17(15)19-12)20-11-13-5-3-2-4-6-13;1-5(2,3)4/h2-10H,11H2,1H3;. The van der Waals surface area contributed by atoms with Gasteiger partial charge in [-0.15, -0.1) is 0 Å². The molecule has 3 nitrogen and oxygen atoms in total. The van der Waals surface area contributed by atoms with Gasteiger partial charge in [0.1, 0.15) is 12.4 Å². The Labute approximate surface area is 165 Å². The van der Waals surface area contributed by atoms with Gasteiger partial charge >= 0.3 is 5.20 Å². The number of hydrogen-bond donors (Lipinski definition) is 0. The third kappa shape index (κ3) is 7.43. The number of pyridine rings is 1. The van der Waals surface area contributed by atoms with Crippen molar-refractivity contribution in [1.29, 1.82) is 0 Å². The summed E-state index contributed by atoms with van der Waals surface area (Å²) in [5, 5.41) is -1.60. The molecule has 0 fully saturated rings. The van der Waals surface area contributed by atoms with Gasteiger partial charge in [0.15, 0.2) is 0 Å². The van der Waals surface area contributed by atoms with Gasteiger partial charge in [-0.05, 0) is 70.5 Å².